The van der Waals surface area contributed by atoms with Crippen molar-refractivity contribution in [2.45, 2.75) is 39.0 Å². The van der Waals surface area contributed by atoms with E-state index in [2.05, 4.69) is 15.6 Å². The SMILES string of the molecule is Cc1cc(Oc2ccccc2)ccc1N1C(=O)Nc2c(C(=O)N[C@@H]3CCCN([C@@H](O)[C@@H](C)CO)C3)sc3nccc1c23. The molecule has 3 amide bonds. The first-order valence-corrected chi connectivity index (χ1v) is 14.9. The summed E-state index contributed by atoms with van der Waals surface area (Å²) < 4.78 is 5.97. The fourth-order valence-corrected chi connectivity index (χ4v) is 6.64. The first-order valence-electron chi connectivity index (χ1n) is 14.0. The number of thiophene rings is 1. The Balaban J connectivity index is 1.26. The number of carbonyl (C=O) groups excluding carboxylic acids is 2. The highest BCUT2D eigenvalue weighted by atomic mass is 32.1. The molecule has 4 N–H and O–H groups in total. The number of hydrogen-bond acceptors (Lipinski definition) is 8. The number of ether oxygens (including phenoxy) is 1. The van der Waals surface area contributed by atoms with E-state index in [4.69, 9.17) is 4.74 Å². The molecule has 42 heavy (non-hydrogen) atoms. The van der Waals surface area contributed by atoms with Gasteiger partial charge in [0.05, 0.1) is 22.4 Å². The largest absolute Gasteiger partial charge is 0.457 e. The second kappa shape index (κ2) is 11.7. The lowest BCUT2D eigenvalue weighted by atomic mass is 10.0. The molecule has 0 spiro atoms. The van der Waals surface area contributed by atoms with E-state index in [0.717, 1.165) is 24.2 Å². The maximum atomic E-state index is 13.6. The van der Waals surface area contributed by atoms with Gasteiger partial charge in [0.15, 0.2) is 0 Å². The van der Waals surface area contributed by atoms with Crippen LogP contribution in [0, 0.1) is 12.8 Å². The maximum absolute atomic E-state index is 13.6. The average molecular weight is 588 g/mol. The summed E-state index contributed by atoms with van der Waals surface area (Å²) in [4.78, 5) is 36.2. The Kier molecular flexibility index (Phi) is 7.82. The second-order valence-electron chi connectivity index (χ2n) is 10.8. The number of carbonyl (C=O) groups is 2. The van der Waals surface area contributed by atoms with Gasteiger partial charge in [0.1, 0.15) is 27.4 Å². The van der Waals surface area contributed by atoms with E-state index in [0.29, 0.717) is 51.0 Å². The van der Waals surface area contributed by atoms with Crippen LogP contribution in [0.2, 0.25) is 0 Å². The zero-order valence-electron chi connectivity index (χ0n) is 23.4. The van der Waals surface area contributed by atoms with Gasteiger partial charge < -0.3 is 25.6 Å². The molecule has 0 aliphatic carbocycles. The van der Waals surface area contributed by atoms with Crippen molar-refractivity contribution >= 4 is 50.6 Å². The van der Waals surface area contributed by atoms with Gasteiger partial charge in [-0.15, -0.1) is 11.3 Å². The Labute approximate surface area is 247 Å². The van der Waals surface area contributed by atoms with Crippen molar-refractivity contribution in [3.63, 3.8) is 0 Å². The van der Waals surface area contributed by atoms with Gasteiger partial charge in [0.25, 0.3) is 5.91 Å². The summed E-state index contributed by atoms with van der Waals surface area (Å²) >= 11 is 1.24. The predicted molar refractivity (Wildman–Crippen MR) is 163 cm³/mol. The number of pyridine rings is 1. The highest BCUT2D eigenvalue weighted by molar-refractivity contribution is 7.21. The van der Waals surface area contributed by atoms with Crippen molar-refractivity contribution in [3.05, 3.63) is 71.2 Å². The predicted octanol–water partition coefficient (Wildman–Crippen LogP) is 5.22. The fraction of sp³-hybridized carbons (Fsp3) is 0.323. The summed E-state index contributed by atoms with van der Waals surface area (Å²) in [5, 5.41) is 26.8. The third-order valence-electron chi connectivity index (χ3n) is 7.80. The monoisotopic (exact) mass is 587 g/mol. The third-order valence-corrected chi connectivity index (χ3v) is 8.90. The van der Waals surface area contributed by atoms with Crippen molar-refractivity contribution in [1.29, 1.82) is 0 Å². The summed E-state index contributed by atoms with van der Waals surface area (Å²) in [5.41, 5.74) is 2.65. The smallest absolute Gasteiger partial charge is 0.331 e. The number of amides is 3. The number of aliphatic hydroxyl groups is 2. The van der Waals surface area contributed by atoms with Crippen molar-refractivity contribution < 1.29 is 24.5 Å². The minimum atomic E-state index is -0.778. The molecule has 2 aliphatic rings. The van der Waals surface area contributed by atoms with E-state index in [9.17, 15) is 19.8 Å². The van der Waals surface area contributed by atoms with Crippen molar-refractivity contribution in [2.24, 2.45) is 5.92 Å². The number of aromatic nitrogens is 1. The number of aliphatic hydroxyl groups excluding tert-OH is 2. The molecule has 1 fully saturated rings. The van der Waals surface area contributed by atoms with E-state index in [1.807, 2.05) is 60.4 Å². The summed E-state index contributed by atoms with van der Waals surface area (Å²) in [6, 6.07) is 16.3. The van der Waals surface area contributed by atoms with E-state index >= 15 is 0 Å². The molecule has 10 nitrogen and oxygen atoms in total. The molecule has 3 atom stereocenters. The lowest BCUT2D eigenvalue weighted by Crippen LogP contribution is -2.52. The lowest BCUT2D eigenvalue weighted by molar-refractivity contribution is -0.0620. The van der Waals surface area contributed by atoms with Gasteiger partial charge in [0, 0.05) is 37.9 Å². The van der Waals surface area contributed by atoms with Crippen LogP contribution in [-0.4, -0.2) is 64.0 Å². The molecule has 1 saturated heterocycles. The fourth-order valence-electron chi connectivity index (χ4n) is 5.62. The Morgan fingerprint density at radius 3 is 2.76 bits per heavy atom. The molecule has 4 heterocycles. The normalized spacial score (nSPS) is 18.4. The van der Waals surface area contributed by atoms with Crippen LogP contribution >= 0.6 is 11.3 Å². The van der Waals surface area contributed by atoms with Crippen LogP contribution < -0.4 is 20.3 Å². The number of rotatable bonds is 8. The van der Waals surface area contributed by atoms with Gasteiger partial charge in [-0.1, -0.05) is 25.1 Å². The van der Waals surface area contributed by atoms with E-state index < -0.39 is 6.23 Å². The van der Waals surface area contributed by atoms with Crippen molar-refractivity contribution in [1.82, 2.24) is 15.2 Å². The zero-order chi connectivity index (χ0) is 29.4. The molecule has 2 aromatic carbocycles. The van der Waals surface area contributed by atoms with Crippen molar-refractivity contribution in [3.8, 4) is 11.5 Å². The van der Waals surface area contributed by atoms with Gasteiger partial charge in [-0.3, -0.25) is 14.6 Å². The number of hydrogen-bond donors (Lipinski definition) is 4. The molecule has 0 bridgehead atoms. The number of urea groups is 1. The molecule has 0 saturated carbocycles. The molecule has 0 unspecified atom stereocenters. The molecular weight excluding hydrogens is 554 g/mol. The highest BCUT2D eigenvalue weighted by Gasteiger charge is 2.35. The Hall–Kier alpha value is -4.03. The number of likely N-dealkylation sites (tertiary alicyclic amines) is 1. The number of benzene rings is 2. The first kappa shape index (κ1) is 28.1. The number of para-hydroxylation sites is 1. The summed E-state index contributed by atoms with van der Waals surface area (Å²) in [5.74, 6) is 0.810. The topological polar surface area (TPSA) is 127 Å². The zero-order valence-corrected chi connectivity index (χ0v) is 24.2. The number of piperidine rings is 1. The second-order valence-corrected chi connectivity index (χ2v) is 11.8. The van der Waals surface area contributed by atoms with Crippen LogP contribution in [0.1, 0.15) is 35.0 Å². The molecule has 2 aliphatic heterocycles. The van der Waals surface area contributed by atoms with Gasteiger partial charge in [-0.2, -0.15) is 0 Å². The van der Waals surface area contributed by atoms with E-state index in [-0.39, 0.29) is 30.5 Å². The van der Waals surface area contributed by atoms with Gasteiger partial charge >= 0.3 is 6.03 Å². The molecule has 4 aromatic rings. The molecule has 218 valence electrons. The maximum Gasteiger partial charge on any atom is 0.331 e. The minimum absolute atomic E-state index is 0.114. The van der Waals surface area contributed by atoms with Crippen LogP contribution in [0.4, 0.5) is 21.9 Å². The summed E-state index contributed by atoms with van der Waals surface area (Å²) in [7, 11) is 0. The number of nitrogens with zero attached hydrogens (tertiary/aromatic N) is 3. The lowest BCUT2D eigenvalue weighted by Gasteiger charge is -2.38. The Morgan fingerprint density at radius 2 is 2.00 bits per heavy atom. The Bertz CT molecular complexity index is 1630. The molecule has 0 radical (unpaired) electrons. The molecule has 11 heteroatoms. The average Bonchev–Trinajstić information content (AvgIpc) is 3.37. The van der Waals surface area contributed by atoms with Crippen molar-refractivity contribution in [2.75, 3.05) is 29.9 Å². The van der Waals surface area contributed by atoms with E-state index in [1.54, 1.807) is 24.1 Å². The van der Waals surface area contributed by atoms with Gasteiger partial charge in [-0.25, -0.2) is 9.78 Å². The summed E-state index contributed by atoms with van der Waals surface area (Å²) in [6.45, 7) is 4.78. The van der Waals surface area contributed by atoms with Crippen LogP contribution in [-0.2, 0) is 0 Å². The van der Waals surface area contributed by atoms with Crippen LogP contribution in [0.5, 0.6) is 11.5 Å². The quantitative estimate of drug-likeness (QED) is 0.223. The van der Waals surface area contributed by atoms with Gasteiger partial charge in [0.2, 0.25) is 0 Å². The Morgan fingerprint density at radius 1 is 1.19 bits per heavy atom. The highest BCUT2D eigenvalue weighted by Crippen LogP contribution is 2.46. The van der Waals surface area contributed by atoms with Gasteiger partial charge in [-0.05, 0) is 61.7 Å². The molecule has 6 rings (SSSR count). The first-order chi connectivity index (χ1) is 20.3. The number of nitrogens with one attached hydrogen (secondary N) is 2. The standard InChI is InChI=1S/C31H33N5O5S/c1-18-15-22(41-21-8-4-3-5-9-21)10-11-23(18)36-24-12-13-32-29-25(24)26(34-31(36)40)27(42-29)28(38)33-20-7-6-14-35(16-20)30(39)19(2)17-37/h3-5,8-13,15,19-20,30,37,39H,6-7,14,16-17H2,1-2H3,(H,33,38)(H,34,40)/t19-,20+,30-/m0/s1. The number of anilines is 3. The van der Waals surface area contributed by atoms with Crippen LogP contribution in [0.15, 0.2) is 60.8 Å². The van der Waals surface area contributed by atoms with Crippen LogP contribution in [0.25, 0.3) is 10.2 Å². The molecule has 2 aromatic heterocycles. The van der Waals surface area contributed by atoms with Crippen LogP contribution in [0.3, 0.4) is 0 Å². The molecular formula is C31H33N5O5S. The summed E-state index contributed by atoms with van der Waals surface area (Å²) in [6.07, 6.45) is 2.46. The third kappa shape index (κ3) is 5.32. The minimum Gasteiger partial charge on any atom is -0.457 e. The van der Waals surface area contributed by atoms with E-state index in [1.165, 1.54) is 11.3 Å². The number of aryl methyl sites for hydroxylation is 1.